The van der Waals surface area contributed by atoms with E-state index in [2.05, 4.69) is 4.57 Å². The number of halogens is 3. The summed E-state index contributed by atoms with van der Waals surface area (Å²) in [5, 5.41) is 1.92. The average Bonchev–Trinajstić information content (AvgIpc) is 3.30. The minimum absolute atomic E-state index is 0.0404. The maximum Gasteiger partial charge on any atom is 0.256 e. The molecule has 1 fully saturated rings. The molecule has 0 atom stereocenters. The fourth-order valence-corrected chi connectivity index (χ4v) is 5.96. The fourth-order valence-electron chi connectivity index (χ4n) is 5.44. The smallest absolute Gasteiger partial charge is 0.256 e. The molecular weight excluding hydrogens is 524 g/mol. The number of benzene rings is 3. The molecule has 1 amide bonds. The van der Waals surface area contributed by atoms with Gasteiger partial charge in [0.25, 0.3) is 5.91 Å². The number of aromatic nitrogens is 1. The van der Waals surface area contributed by atoms with Gasteiger partial charge in [0, 0.05) is 60.4 Å². The first-order valence-corrected chi connectivity index (χ1v) is 13.5. The maximum absolute atomic E-state index is 14.6. The second-order valence-corrected chi connectivity index (χ2v) is 10.6. The lowest BCUT2D eigenvalue weighted by molar-refractivity contribution is 0.0714. The molecule has 1 aromatic heterocycles. The quantitative estimate of drug-likeness (QED) is 0.271. The van der Waals surface area contributed by atoms with E-state index >= 15 is 0 Å². The molecule has 1 saturated heterocycles. The van der Waals surface area contributed by atoms with Crippen LogP contribution in [0.15, 0.2) is 60.8 Å². The van der Waals surface area contributed by atoms with E-state index in [1.54, 1.807) is 19.2 Å². The monoisotopic (exact) mass is 553 g/mol. The van der Waals surface area contributed by atoms with Crippen LogP contribution in [0.25, 0.3) is 22.0 Å². The number of piperidine rings is 1. The van der Waals surface area contributed by atoms with E-state index < -0.39 is 0 Å². The first-order valence-electron chi connectivity index (χ1n) is 12.7. The van der Waals surface area contributed by atoms with Gasteiger partial charge in [-0.25, -0.2) is 4.39 Å². The van der Waals surface area contributed by atoms with Crippen molar-refractivity contribution in [2.45, 2.75) is 31.8 Å². The Morgan fingerprint density at radius 3 is 2.50 bits per heavy atom. The predicted molar refractivity (Wildman–Crippen MR) is 151 cm³/mol. The number of carbonyl (C=O) groups excluding carboxylic acids is 1. The zero-order valence-corrected chi connectivity index (χ0v) is 22.7. The summed E-state index contributed by atoms with van der Waals surface area (Å²) < 4.78 is 22.0. The van der Waals surface area contributed by atoms with Gasteiger partial charge in [-0.1, -0.05) is 47.5 Å². The van der Waals surface area contributed by atoms with Crippen LogP contribution in [-0.4, -0.2) is 42.2 Å². The van der Waals surface area contributed by atoms with Gasteiger partial charge in [-0.15, -0.1) is 0 Å². The fraction of sp³-hybridized carbons (Fsp3) is 0.300. The van der Waals surface area contributed by atoms with E-state index in [1.807, 2.05) is 47.5 Å². The summed E-state index contributed by atoms with van der Waals surface area (Å²) in [5.74, 6) is -0.197. The number of amides is 1. The average molecular weight is 554 g/mol. The molecule has 0 saturated carbocycles. The number of hydrogen-bond donors (Lipinski definition) is 1. The van der Waals surface area contributed by atoms with Crippen LogP contribution in [-0.2, 0) is 17.8 Å². The molecule has 1 aliphatic rings. The van der Waals surface area contributed by atoms with Gasteiger partial charge in [-0.05, 0) is 71.3 Å². The van der Waals surface area contributed by atoms with Crippen molar-refractivity contribution in [1.29, 1.82) is 0 Å². The molecule has 0 radical (unpaired) electrons. The van der Waals surface area contributed by atoms with Crippen molar-refractivity contribution in [2.75, 3.05) is 26.8 Å². The zero-order chi connectivity index (χ0) is 26.8. The molecule has 0 unspecified atom stereocenters. The number of hydrogen-bond acceptors (Lipinski definition) is 3. The van der Waals surface area contributed by atoms with Crippen LogP contribution in [0, 0.1) is 5.82 Å². The van der Waals surface area contributed by atoms with Crippen LogP contribution in [0.5, 0.6) is 0 Å². The van der Waals surface area contributed by atoms with Crippen molar-refractivity contribution in [2.24, 2.45) is 5.73 Å². The van der Waals surface area contributed by atoms with E-state index in [-0.39, 0.29) is 17.6 Å². The Kier molecular flexibility index (Phi) is 8.05. The number of nitrogens with zero attached hydrogens (tertiary/aromatic N) is 2. The second kappa shape index (κ2) is 11.5. The third-order valence-corrected chi connectivity index (χ3v) is 7.80. The Morgan fingerprint density at radius 2 is 1.82 bits per heavy atom. The Balaban J connectivity index is 1.49. The lowest BCUT2D eigenvalue weighted by Gasteiger charge is -2.32. The summed E-state index contributed by atoms with van der Waals surface area (Å²) in [4.78, 5) is 15.8. The largest absolute Gasteiger partial charge is 0.383 e. The summed E-state index contributed by atoms with van der Waals surface area (Å²) >= 11 is 12.7. The number of rotatable bonds is 7. The van der Waals surface area contributed by atoms with Crippen LogP contribution >= 0.6 is 23.2 Å². The van der Waals surface area contributed by atoms with Crippen molar-refractivity contribution in [3.05, 3.63) is 93.3 Å². The van der Waals surface area contributed by atoms with E-state index in [1.165, 1.54) is 6.07 Å². The highest BCUT2D eigenvalue weighted by Crippen LogP contribution is 2.37. The van der Waals surface area contributed by atoms with Crippen LogP contribution in [0.2, 0.25) is 10.0 Å². The van der Waals surface area contributed by atoms with Gasteiger partial charge in [-0.3, -0.25) is 4.79 Å². The highest BCUT2D eigenvalue weighted by molar-refractivity contribution is 6.35. The van der Waals surface area contributed by atoms with Gasteiger partial charge in [-0.2, -0.15) is 0 Å². The number of fused-ring (bicyclic) bond motifs is 1. The van der Waals surface area contributed by atoms with E-state index in [0.29, 0.717) is 66.8 Å². The van der Waals surface area contributed by atoms with Crippen molar-refractivity contribution < 1.29 is 13.9 Å². The first kappa shape index (κ1) is 26.7. The van der Waals surface area contributed by atoms with Gasteiger partial charge in [0.15, 0.2) is 0 Å². The van der Waals surface area contributed by atoms with Crippen LogP contribution < -0.4 is 5.73 Å². The number of likely N-dealkylation sites (tertiary alicyclic amines) is 1. The highest BCUT2D eigenvalue weighted by Gasteiger charge is 2.29. The third kappa shape index (κ3) is 5.32. The van der Waals surface area contributed by atoms with Gasteiger partial charge >= 0.3 is 0 Å². The Morgan fingerprint density at radius 1 is 1.08 bits per heavy atom. The molecule has 1 aliphatic heterocycles. The van der Waals surface area contributed by atoms with Crippen LogP contribution in [0.1, 0.15) is 40.2 Å². The van der Waals surface area contributed by atoms with Gasteiger partial charge < -0.3 is 19.9 Å². The summed E-state index contributed by atoms with van der Waals surface area (Å²) in [6.45, 7) is 2.59. The van der Waals surface area contributed by atoms with Crippen molar-refractivity contribution in [1.82, 2.24) is 9.47 Å². The molecular formula is C30H30Cl2FN3O2. The van der Waals surface area contributed by atoms with E-state index in [4.69, 9.17) is 33.7 Å². The SMILES string of the molecule is COCCn1cc(C(=O)N2CCC(c3cc(CN)ccc3F)CC2)c2c(-c3cc(Cl)cc(Cl)c3)cccc21. The summed E-state index contributed by atoms with van der Waals surface area (Å²) in [7, 11) is 1.66. The summed E-state index contributed by atoms with van der Waals surface area (Å²) in [6, 6.07) is 16.5. The third-order valence-electron chi connectivity index (χ3n) is 7.36. The second-order valence-electron chi connectivity index (χ2n) is 9.71. The maximum atomic E-state index is 14.6. The normalized spacial score (nSPS) is 14.4. The number of nitrogens with two attached hydrogens (primary N) is 1. The molecule has 4 aromatic rings. The molecule has 3 aromatic carbocycles. The molecule has 8 heteroatoms. The molecule has 0 bridgehead atoms. The number of carbonyl (C=O) groups is 1. The van der Waals surface area contributed by atoms with Gasteiger partial charge in [0.05, 0.1) is 12.2 Å². The lowest BCUT2D eigenvalue weighted by Crippen LogP contribution is -2.38. The first-order chi connectivity index (χ1) is 18.4. The van der Waals surface area contributed by atoms with Gasteiger partial charge in [0.1, 0.15) is 5.82 Å². The predicted octanol–water partition coefficient (Wildman–Crippen LogP) is 6.88. The van der Waals surface area contributed by atoms with Crippen molar-refractivity contribution >= 4 is 40.0 Å². The molecule has 5 rings (SSSR count). The topological polar surface area (TPSA) is 60.5 Å². The Hall–Kier alpha value is -2.90. The van der Waals surface area contributed by atoms with Crippen LogP contribution in [0.4, 0.5) is 4.39 Å². The van der Waals surface area contributed by atoms with Gasteiger partial charge in [0.2, 0.25) is 0 Å². The molecule has 2 heterocycles. The summed E-state index contributed by atoms with van der Waals surface area (Å²) in [6.07, 6.45) is 3.30. The van der Waals surface area contributed by atoms with Crippen molar-refractivity contribution in [3.8, 4) is 11.1 Å². The summed E-state index contributed by atoms with van der Waals surface area (Å²) in [5.41, 5.74) is 10.7. The number of methoxy groups -OCH3 is 1. The lowest BCUT2D eigenvalue weighted by atomic mass is 9.88. The van der Waals surface area contributed by atoms with Crippen molar-refractivity contribution in [3.63, 3.8) is 0 Å². The number of ether oxygens (including phenoxy) is 1. The molecule has 198 valence electrons. The molecule has 0 spiro atoms. The molecule has 5 nitrogen and oxygen atoms in total. The van der Waals surface area contributed by atoms with E-state index in [0.717, 1.165) is 27.6 Å². The minimum atomic E-state index is -0.210. The zero-order valence-electron chi connectivity index (χ0n) is 21.2. The highest BCUT2D eigenvalue weighted by atomic mass is 35.5. The molecule has 38 heavy (non-hydrogen) atoms. The standard InChI is InChI=1S/C30H30Cl2FN3O2/c1-38-12-11-36-18-26(29-24(3-2-4-28(29)36)21-14-22(31)16-23(32)15-21)30(37)35-9-7-20(8-10-35)25-13-19(17-34)5-6-27(25)33/h2-6,13-16,18,20H,7-12,17,34H2,1H3. The Bertz CT molecular complexity index is 1460. The van der Waals surface area contributed by atoms with E-state index in [9.17, 15) is 9.18 Å². The molecule has 0 aliphatic carbocycles. The molecule has 2 N–H and O–H groups in total. The van der Waals surface area contributed by atoms with Crippen LogP contribution in [0.3, 0.4) is 0 Å². The Labute approximate surface area is 231 Å². The minimum Gasteiger partial charge on any atom is -0.383 e.